The van der Waals surface area contributed by atoms with E-state index in [-0.39, 0.29) is 5.91 Å². The third-order valence-corrected chi connectivity index (χ3v) is 4.01. The van der Waals surface area contributed by atoms with Crippen LogP contribution in [0.25, 0.3) is 5.69 Å². The van der Waals surface area contributed by atoms with Crippen molar-refractivity contribution in [3.8, 4) is 11.4 Å². The third-order valence-electron chi connectivity index (χ3n) is 4.01. The van der Waals surface area contributed by atoms with Crippen LogP contribution in [0.5, 0.6) is 5.75 Å². The lowest BCUT2D eigenvalue weighted by molar-refractivity contribution is 0.0997. The molecule has 0 saturated heterocycles. The number of nitrogens with one attached hydrogen (secondary N) is 1. The SMILES string of the molecule is CCOCCOc1ccccc1C(=O)Nc1c(C)cnn1-c1ccccc1. The molecule has 0 aliphatic heterocycles. The number of amides is 1. The van der Waals surface area contributed by atoms with E-state index in [1.165, 1.54) is 0 Å². The van der Waals surface area contributed by atoms with Crippen LogP contribution in [0.4, 0.5) is 5.82 Å². The van der Waals surface area contributed by atoms with Gasteiger partial charge in [0.1, 0.15) is 18.2 Å². The van der Waals surface area contributed by atoms with Crippen LogP contribution in [0.1, 0.15) is 22.8 Å². The molecule has 1 N–H and O–H groups in total. The van der Waals surface area contributed by atoms with Crippen molar-refractivity contribution in [2.24, 2.45) is 0 Å². The minimum Gasteiger partial charge on any atom is -0.490 e. The Morgan fingerprint density at radius 3 is 2.59 bits per heavy atom. The quantitative estimate of drug-likeness (QED) is 0.616. The van der Waals surface area contributed by atoms with Gasteiger partial charge < -0.3 is 14.8 Å². The molecule has 0 atom stereocenters. The van der Waals surface area contributed by atoms with E-state index in [4.69, 9.17) is 9.47 Å². The van der Waals surface area contributed by atoms with Crippen LogP contribution in [-0.2, 0) is 4.74 Å². The molecule has 0 fully saturated rings. The summed E-state index contributed by atoms with van der Waals surface area (Å²) in [5, 5.41) is 7.35. The van der Waals surface area contributed by atoms with Crippen molar-refractivity contribution in [1.82, 2.24) is 9.78 Å². The van der Waals surface area contributed by atoms with Crippen LogP contribution in [0, 0.1) is 6.92 Å². The van der Waals surface area contributed by atoms with Crippen molar-refractivity contribution in [1.29, 1.82) is 0 Å². The second-order valence-electron chi connectivity index (χ2n) is 5.92. The van der Waals surface area contributed by atoms with E-state index >= 15 is 0 Å². The number of hydrogen-bond donors (Lipinski definition) is 1. The number of hydrogen-bond acceptors (Lipinski definition) is 4. The van der Waals surface area contributed by atoms with Crippen LogP contribution in [0.2, 0.25) is 0 Å². The third kappa shape index (κ3) is 4.54. The first kappa shape index (κ1) is 18.7. The Labute approximate surface area is 158 Å². The lowest BCUT2D eigenvalue weighted by atomic mass is 10.2. The second kappa shape index (κ2) is 9.00. The molecule has 0 saturated carbocycles. The lowest BCUT2D eigenvalue weighted by Gasteiger charge is -2.13. The highest BCUT2D eigenvalue weighted by atomic mass is 16.5. The molecule has 6 heteroatoms. The van der Waals surface area contributed by atoms with Crippen LogP contribution in [-0.4, -0.2) is 35.5 Å². The second-order valence-corrected chi connectivity index (χ2v) is 5.92. The summed E-state index contributed by atoms with van der Waals surface area (Å²) >= 11 is 0. The van der Waals surface area contributed by atoms with Gasteiger partial charge in [0.15, 0.2) is 0 Å². The predicted molar refractivity (Wildman–Crippen MR) is 105 cm³/mol. The van der Waals surface area contributed by atoms with E-state index in [0.717, 1.165) is 11.3 Å². The van der Waals surface area contributed by atoms with Gasteiger partial charge in [-0.2, -0.15) is 5.10 Å². The van der Waals surface area contributed by atoms with E-state index in [0.29, 0.717) is 37.0 Å². The molecule has 0 radical (unpaired) electrons. The average molecular weight is 365 g/mol. The monoisotopic (exact) mass is 365 g/mol. The molecule has 140 valence electrons. The zero-order chi connectivity index (χ0) is 19.1. The summed E-state index contributed by atoms with van der Waals surface area (Å²) in [6.45, 7) is 5.34. The fourth-order valence-corrected chi connectivity index (χ4v) is 2.66. The Morgan fingerprint density at radius 2 is 1.81 bits per heavy atom. The molecule has 2 aromatic carbocycles. The summed E-state index contributed by atoms with van der Waals surface area (Å²) in [5.74, 6) is 0.913. The van der Waals surface area contributed by atoms with Gasteiger partial charge in [0, 0.05) is 12.2 Å². The fourth-order valence-electron chi connectivity index (χ4n) is 2.66. The number of ether oxygens (including phenoxy) is 2. The summed E-state index contributed by atoms with van der Waals surface area (Å²) in [6, 6.07) is 16.8. The van der Waals surface area contributed by atoms with Crippen LogP contribution < -0.4 is 10.1 Å². The predicted octanol–water partition coefficient (Wildman–Crippen LogP) is 3.85. The zero-order valence-corrected chi connectivity index (χ0v) is 15.5. The number of anilines is 1. The Balaban J connectivity index is 1.80. The minimum absolute atomic E-state index is 0.247. The van der Waals surface area contributed by atoms with Crippen molar-refractivity contribution >= 4 is 11.7 Å². The maximum Gasteiger partial charge on any atom is 0.260 e. The maximum absolute atomic E-state index is 12.9. The summed E-state index contributed by atoms with van der Waals surface area (Å²) < 4.78 is 12.7. The van der Waals surface area contributed by atoms with E-state index < -0.39 is 0 Å². The molecule has 0 spiro atoms. The number of aromatic nitrogens is 2. The molecule has 6 nitrogen and oxygen atoms in total. The number of carbonyl (C=O) groups is 1. The maximum atomic E-state index is 12.9. The van der Waals surface area contributed by atoms with Gasteiger partial charge in [0.2, 0.25) is 0 Å². The first-order valence-corrected chi connectivity index (χ1v) is 8.91. The number of benzene rings is 2. The molecular formula is C21H23N3O3. The molecule has 0 aliphatic rings. The summed E-state index contributed by atoms with van der Waals surface area (Å²) in [7, 11) is 0. The molecule has 0 aliphatic carbocycles. The number of aryl methyl sites for hydroxylation is 1. The lowest BCUT2D eigenvalue weighted by Crippen LogP contribution is -2.17. The van der Waals surface area contributed by atoms with Crippen LogP contribution in [0.3, 0.4) is 0 Å². The van der Waals surface area contributed by atoms with Crippen molar-refractivity contribution < 1.29 is 14.3 Å². The van der Waals surface area contributed by atoms with Gasteiger partial charge in [-0.05, 0) is 38.1 Å². The number of carbonyl (C=O) groups excluding carboxylic acids is 1. The summed E-state index contributed by atoms with van der Waals surface area (Å²) in [4.78, 5) is 12.9. The topological polar surface area (TPSA) is 65.4 Å². The van der Waals surface area contributed by atoms with Gasteiger partial charge in [-0.15, -0.1) is 0 Å². The molecule has 27 heavy (non-hydrogen) atoms. The number of para-hydroxylation sites is 2. The Morgan fingerprint density at radius 1 is 1.07 bits per heavy atom. The highest BCUT2D eigenvalue weighted by Gasteiger charge is 2.17. The standard InChI is InChI=1S/C21H23N3O3/c1-3-26-13-14-27-19-12-8-7-11-18(19)21(25)23-20-16(2)15-22-24(20)17-9-5-4-6-10-17/h4-12,15H,3,13-14H2,1-2H3,(H,23,25). The normalized spacial score (nSPS) is 10.6. The van der Waals surface area contributed by atoms with Gasteiger partial charge in [0.25, 0.3) is 5.91 Å². The molecule has 1 aromatic heterocycles. The van der Waals surface area contributed by atoms with Crippen LogP contribution >= 0.6 is 0 Å². The number of nitrogens with zero attached hydrogens (tertiary/aromatic N) is 2. The van der Waals surface area contributed by atoms with E-state index in [1.807, 2.05) is 56.3 Å². The minimum atomic E-state index is -0.247. The Hall–Kier alpha value is -3.12. The first-order chi connectivity index (χ1) is 13.2. The largest absolute Gasteiger partial charge is 0.490 e. The highest BCUT2D eigenvalue weighted by Crippen LogP contribution is 2.23. The van der Waals surface area contributed by atoms with Gasteiger partial charge in [-0.3, -0.25) is 4.79 Å². The molecule has 1 heterocycles. The molecular weight excluding hydrogens is 342 g/mol. The fraction of sp³-hybridized carbons (Fsp3) is 0.238. The number of rotatable bonds is 8. The first-order valence-electron chi connectivity index (χ1n) is 8.91. The molecule has 1 amide bonds. The Kier molecular flexibility index (Phi) is 6.22. The van der Waals surface area contributed by atoms with E-state index in [9.17, 15) is 4.79 Å². The molecule has 3 aromatic rings. The summed E-state index contributed by atoms with van der Waals surface area (Å²) in [5.41, 5.74) is 2.22. The van der Waals surface area contributed by atoms with Crippen LogP contribution in [0.15, 0.2) is 60.8 Å². The Bertz CT molecular complexity index is 891. The van der Waals surface area contributed by atoms with E-state index in [2.05, 4.69) is 10.4 Å². The van der Waals surface area contributed by atoms with Gasteiger partial charge in [0.05, 0.1) is 24.1 Å². The van der Waals surface area contributed by atoms with E-state index in [1.54, 1.807) is 23.0 Å². The van der Waals surface area contributed by atoms with Crippen molar-refractivity contribution in [2.45, 2.75) is 13.8 Å². The molecule has 0 bridgehead atoms. The van der Waals surface area contributed by atoms with Gasteiger partial charge in [-0.1, -0.05) is 30.3 Å². The zero-order valence-electron chi connectivity index (χ0n) is 15.5. The van der Waals surface area contributed by atoms with Crippen molar-refractivity contribution in [2.75, 3.05) is 25.1 Å². The molecule has 0 unspecified atom stereocenters. The smallest absolute Gasteiger partial charge is 0.260 e. The highest BCUT2D eigenvalue weighted by molar-refractivity contribution is 6.06. The van der Waals surface area contributed by atoms with Crippen molar-refractivity contribution in [3.63, 3.8) is 0 Å². The molecule has 3 rings (SSSR count). The van der Waals surface area contributed by atoms with Gasteiger partial charge in [-0.25, -0.2) is 4.68 Å². The summed E-state index contributed by atoms with van der Waals surface area (Å²) in [6.07, 6.45) is 1.73. The van der Waals surface area contributed by atoms with Crippen molar-refractivity contribution in [3.05, 3.63) is 71.9 Å². The average Bonchev–Trinajstić information content (AvgIpc) is 3.06. The van der Waals surface area contributed by atoms with Gasteiger partial charge >= 0.3 is 0 Å².